The van der Waals surface area contributed by atoms with Crippen LogP contribution in [0, 0.1) is 0 Å². The smallest absolute Gasteiger partial charge is 0.393 e. The van der Waals surface area contributed by atoms with E-state index in [0.29, 0.717) is 19.4 Å². The van der Waals surface area contributed by atoms with Crippen LogP contribution in [-0.2, 0) is 6.18 Å². The second-order valence-electron chi connectivity index (χ2n) is 5.02. The average molecular weight is 289 g/mol. The molecule has 0 aromatic carbocycles. The highest BCUT2D eigenvalue weighted by atomic mass is 19.4. The monoisotopic (exact) mass is 289 g/mol. The zero-order valence-electron chi connectivity index (χ0n) is 11.2. The summed E-state index contributed by atoms with van der Waals surface area (Å²) >= 11 is 0. The number of nitrogens with one attached hydrogen (secondary N) is 2. The quantitative estimate of drug-likeness (QED) is 0.780. The van der Waals surface area contributed by atoms with Crippen molar-refractivity contribution < 1.29 is 18.3 Å². The number of pyridine rings is 1. The fourth-order valence-corrected chi connectivity index (χ4v) is 2.03. The van der Waals surface area contributed by atoms with Crippen molar-refractivity contribution in [2.24, 2.45) is 0 Å². The van der Waals surface area contributed by atoms with Crippen LogP contribution in [0.4, 0.5) is 24.8 Å². The van der Waals surface area contributed by atoms with Gasteiger partial charge in [0.05, 0.1) is 11.7 Å². The van der Waals surface area contributed by atoms with Crippen molar-refractivity contribution in [1.82, 2.24) is 4.98 Å². The van der Waals surface area contributed by atoms with Crippen molar-refractivity contribution in [3.63, 3.8) is 0 Å². The van der Waals surface area contributed by atoms with Crippen molar-refractivity contribution in [3.8, 4) is 0 Å². The lowest BCUT2D eigenvalue weighted by molar-refractivity contribution is -0.137. The molecular weight excluding hydrogens is 271 g/mol. The molecule has 4 nitrogen and oxygen atoms in total. The van der Waals surface area contributed by atoms with Gasteiger partial charge >= 0.3 is 6.18 Å². The third-order valence-corrected chi connectivity index (χ3v) is 3.17. The summed E-state index contributed by atoms with van der Waals surface area (Å²) in [6.07, 6.45) is -2.89. The van der Waals surface area contributed by atoms with E-state index in [1.807, 2.05) is 6.92 Å². The number of anilines is 2. The largest absolute Gasteiger partial charge is 0.416 e. The van der Waals surface area contributed by atoms with Crippen molar-refractivity contribution in [1.29, 1.82) is 0 Å². The molecule has 1 aromatic rings. The van der Waals surface area contributed by atoms with Crippen molar-refractivity contribution in [2.45, 2.75) is 44.5 Å². The van der Waals surface area contributed by atoms with Crippen LogP contribution in [-0.4, -0.2) is 28.8 Å². The number of nitrogens with zero attached hydrogens (tertiary/aromatic N) is 1. The number of hydrogen-bond acceptors (Lipinski definition) is 4. The van der Waals surface area contributed by atoms with Gasteiger partial charge in [0.1, 0.15) is 11.6 Å². The van der Waals surface area contributed by atoms with Gasteiger partial charge in [-0.25, -0.2) is 4.98 Å². The van der Waals surface area contributed by atoms with Gasteiger partial charge in [0.2, 0.25) is 0 Å². The Morgan fingerprint density at radius 3 is 2.50 bits per heavy atom. The van der Waals surface area contributed by atoms with E-state index in [1.165, 1.54) is 0 Å². The SMILES string of the molecule is CCCNc1cc(C(F)(F)F)cc(NC2CC(O)C2)n1. The molecular formula is C13H18F3N3O. The number of halogens is 3. The van der Waals surface area contributed by atoms with Crippen LogP contribution in [0.25, 0.3) is 0 Å². The summed E-state index contributed by atoms with van der Waals surface area (Å²) < 4.78 is 38.5. The number of aliphatic hydroxyl groups is 1. The molecule has 1 aromatic heterocycles. The molecule has 0 unspecified atom stereocenters. The molecule has 0 atom stereocenters. The zero-order chi connectivity index (χ0) is 14.8. The maximum Gasteiger partial charge on any atom is 0.416 e. The molecule has 112 valence electrons. The molecule has 1 fully saturated rings. The fourth-order valence-electron chi connectivity index (χ4n) is 2.03. The van der Waals surface area contributed by atoms with Gasteiger partial charge in [-0.05, 0) is 31.4 Å². The lowest BCUT2D eigenvalue weighted by atomic mass is 9.89. The van der Waals surface area contributed by atoms with Crippen molar-refractivity contribution >= 4 is 11.6 Å². The molecule has 0 spiro atoms. The van der Waals surface area contributed by atoms with Crippen LogP contribution in [0.15, 0.2) is 12.1 Å². The van der Waals surface area contributed by atoms with E-state index in [4.69, 9.17) is 0 Å². The van der Waals surface area contributed by atoms with E-state index in [2.05, 4.69) is 15.6 Å². The Morgan fingerprint density at radius 2 is 1.95 bits per heavy atom. The molecule has 0 radical (unpaired) electrons. The van der Waals surface area contributed by atoms with Crippen molar-refractivity contribution in [3.05, 3.63) is 17.7 Å². The van der Waals surface area contributed by atoms with Gasteiger partial charge in [-0.3, -0.25) is 0 Å². The first kappa shape index (κ1) is 14.9. The topological polar surface area (TPSA) is 57.2 Å². The summed E-state index contributed by atoms with van der Waals surface area (Å²) in [6, 6.07) is 2.00. The van der Waals surface area contributed by atoms with Crippen LogP contribution in [0.3, 0.4) is 0 Å². The molecule has 7 heteroatoms. The molecule has 20 heavy (non-hydrogen) atoms. The van der Waals surface area contributed by atoms with E-state index in [9.17, 15) is 18.3 Å². The Morgan fingerprint density at radius 1 is 1.30 bits per heavy atom. The molecule has 1 heterocycles. The Labute approximate surface area is 115 Å². The van der Waals surface area contributed by atoms with E-state index in [-0.39, 0.29) is 23.8 Å². The van der Waals surface area contributed by atoms with Crippen LogP contribution >= 0.6 is 0 Å². The maximum atomic E-state index is 12.8. The van der Waals surface area contributed by atoms with Gasteiger partial charge in [0.25, 0.3) is 0 Å². The van der Waals surface area contributed by atoms with Crippen LogP contribution in [0.1, 0.15) is 31.7 Å². The molecule has 1 aliphatic carbocycles. The maximum absolute atomic E-state index is 12.8. The second kappa shape index (κ2) is 5.87. The molecule has 0 amide bonds. The highest BCUT2D eigenvalue weighted by Crippen LogP contribution is 2.33. The van der Waals surface area contributed by atoms with Gasteiger partial charge < -0.3 is 15.7 Å². The number of hydrogen-bond donors (Lipinski definition) is 3. The first-order chi connectivity index (χ1) is 9.38. The van der Waals surface area contributed by atoms with Gasteiger partial charge in [0, 0.05) is 12.6 Å². The van der Waals surface area contributed by atoms with Crippen LogP contribution in [0.2, 0.25) is 0 Å². The highest BCUT2D eigenvalue weighted by Gasteiger charge is 2.33. The lowest BCUT2D eigenvalue weighted by Gasteiger charge is -2.32. The zero-order valence-corrected chi connectivity index (χ0v) is 11.2. The summed E-state index contributed by atoms with van der Waals surface area (Å²) in [4.78, 5) is 4.13. The number of rotatable bonds is 5. The third-order valence-electron chi connectivity index (χ3n) is 3.17. The summed E-state index contributed by atoms with van der Waals surface area (Å²) in [7, 11) is 0. The Balaban J connectivity index is 2.16. The normalized spacial score (nSPS) is 22.2. The van der Waals surface area contributed by atoms with E-state index in [1.54, 1.807) is 0 Å². The Bertz CT molecular complexity index is 459. The van der Waals surface area contributed by atoms with Crippen LogP contribution in [0.5, 0.6) is 0 Å². The fraction of sp³-hybridized carbons (Fsp3) is 0.615. The second-order valence-corrected chi connectivity index (χ2v) is 5.02. The van der Waals surface area contributed by atoms with Gasteiger partial charge in [0.15, 0.2) is 0 Å². The standard InChI is InChI=1S/C13H18F3N3O/c1-2-3-17-11-4-8(13(14,15)16)5-12(19-11)18-9-6-10(20)7-9/h4-5,9-10,20H,2-3,6-7H2,1H3,(H2,17,18,19). The minimum Gasteiger partial charge on any atom is -0.393 e. The summed E-state index contributed by atoms with van der Waals surface area (Å²) in [5.41, 5.74) is -0.728. The van der Waals surface area contributed by atoms with Gasteiger partial charge in [-0.15, -0.1) is 0 Å². The number of alkyl halides is 3. The molecule has 1 saturated carbocycles. The van der Waals surface area contributed by atoms with E-state index < -0.39 is 11.7 Å². The molecule has 0 bridgehead atoms. The highest BCUT2D eigenvalue weighted by molar-refractivity contribution is 5.50. The molecule has 0 aliphatic heterocycles. The molecule has 1 aliphatic rings. The third kappa shape index (κ3) is 3.75. The molecule has 2 rings (SSSR count). The first-order valence-electron chi connectivity index (χ1n) is 6.66. The molecule has 0 saturated heterocycles. The minimum absolute atomic E-state index is 0.0139. The number of aromatic nitrogens is 1. The predicted octanol–water partition coefficient (Wildman–Crippen LogP) is 2.86. The van der Waals surface area contributed by atoms with Crippen molar-refractivity contribution in [2.75, 3.05) is 17.2 Å². The van der Waals surface area contributed by atoms with Gasteiger partial charge in [-0.1, -0.05) is 6.92 Å². The Hall–Kier alpha value is -1.50. The molecule has 3 N–H and O–H groups in total. The Kier molecular flexibility index (Phi) is 4.37. The first-order valence-corrected chi connectivity index (χ1v) is 6.66. The predicted molar refractivity (Wildman–Crippen MR) is 70.7 cm³/mol. The van der Waals surface area contributed by atoms with E-state index in [0.717, 1.165) is 18.6 Å². The minimum atomic E-state index is -4.40. The van der Waals surface area contributed by atoms with E-state index >= 15 is 0 Å². The summed E-state index contributed by atoms with van der Waals surface area (Å²) in [6.45, 7) is 2.49. The number of aliphatic hydroxyl groups excluding tert-OH is 1. The summed E-state index contributed by atoms with van der Waals surface area (Å²) in [5, 5.41) is 15.0. The van der Waals surface area contributed by atoms with Crippen LogP contribution < -0.4 is 10.6 Å². The summed E-state index contributed by atoms with van der Waals surface area (Å²) in [5.74, 6) is 0.402. The van der Waals surface area contributed by atoms with Gasteiger partial charge in [-0.2, -0.15) is 13.2 Å². The average Bonchev–Trinajstić information content (AvgIpc) is 2.33. The lowest BCUT2D eigenvalue weighted by Crippen LogP contribution is -2.39.